The first-order valence-corrected chi connectivity index (χ1v) is 11.1. The van der Waals surface area contributed by atoms with E-state index in [1.807, 2.05) is 48.6 Å². The molecule has 0 bridgehead atoms. The molecule has 0 spiro atoms. The number of nitrogens with zero attached hydrogens (tertiary/aromatic N) is 2. The standard InChI is InChI=1S/C25H28F3N3O2/c1-16-23(21-15-20(33-4)8-9-22(21)29(16)3)24(32)17(2)30-10-12-31(13-11-30)19-7-5-6-18(14-19)25(26,27)28/h5-9,14-15,17H,10-13H2,1-4H3/p+1/t17-/m0/s1. The number of fused-ring (bicyclic) bond motifs is 1. The number of halogens is 3. The highest BCUT2D eigenvalue weighted by atomic mass is 19.4. The number of quaternary nitrogens is 1. The Morgan fingerprint density at radius 1 is 1.12 bits per heavy atom. The number of aromatic nitrogens is 1. The van der Waals surface area contributed by atoms with Crippen molar-refractivity contribution in [2.45, 2.75) is 26.1 Å². The molecule has 1 N–H and O–H groups in total. The van der Waals surface area contributed by atoms with Gasteiger partial charge in [0.2, 0.25) is 5.78 Å². The molecule has 8 heteroatoms. The third-order valence-corrected chi connectivity index (χ3v) is 6.90. The predicted octanol–water partition coefficient (Wildman–Crippen LogP) is 3.49. The fraction of sp³-hybridized carbons (Fsp3) is 0.400. The van der Waals surface area contributed by atoms with Crippen molar-refractivity contribution >= 4 is 22.4 Å². The lowest BCUT2D eigenvalue weighted by Gasteiger charge is -2.36. The second kappa shape index (κ2) is 8.74. The summed E-state index contributed by atoms with van der Waals surface area (Å²) in [5.41, 5.74) is 2.54. The molecule has 1 aliphatic heterocycles. The third-order valence-electron chi connectivity index (χ3n) is 6.90. The Morgan fingerprint density at radius 3 is 2.45 bits per heavy atom. The van der Waals surface area contributed by atoms with Crippen molar-refractivity contribution in [1.29, 1.82) is 0 Å². The largest absolute Gasteiger partial charge is 0.497 e. The number of Topliss-reactive ketones (excluding diaryl/α,β-unsaturated/α-hetero) is 1. The van der Waals surface area contributed by atoms with E-state index in [0.717, 1.165) is 27.6 Å². The van der Waals surface area contributed by atoms with Gasteiger partial charge in [-0.25, -0.2) is 0 Å². The minimum Gasteiger partial charge on any atom is -0.497 e. The number of anilines is 1. The maximum atomic E-state index is 13.6. The number of ether oxygens (including phenoxy) is 1. The zero-order valence-corrected chi connectivity index (χ0v) is 19.3. The minimum atomic E-state index is -4.36. The second-order valence-electron chi connectivity index (χ2n) is 8.68. The average Bonchev–Trinajstić information content (AvgIpc) is 3.07. The van der Waals surface area contributed by atoms with Crippen LogP contribution in [0.4, 0.5) is 18.9 Å². The van der Waals surface area contributed by atoms with E-state index < -0.39 is 11.7 Å². The fourth-order valence-electron chi connectivity index (χ4n) is 4.76. The number of nitrogens with one attached hydrogen (secondary N) is 1. The molecule has 33 heavy (non-hydrogen) atoms. The van der Waals surface area contributed by atoms with Gasteiger partial charge in [0.05, 0.1) is 44.4 Å². The van der Waals surface area contributed by atoms with Crippen LogP contribution in [0.3, 0.4) is 0 Å². The Hall–Kier alpha value is -3.00. The van der Waals surface area contributed by atoms with E-state index in [1.165, 1.54) is 12.1 Å². The quantitative estimate of drug-likeness (QED) is 0.593. The summed E-state index contributed by atoms with van der Waals surface area (Å²) >= 11 is 0. The van der Waals surface area contributed by atoms with Gasteiger partial charge in [0.25, 0.3) is 0 Å². The number of carbonyl (C=O) groups excluding carboxylic acids is 1. The van der Waals surface area contributed by atoms with E-state index in [1.54, 1.807) is 13.2 Å². The fourth-order valence-corrected chi connectivity index (χ4v) is 4.76. The van der Waals surface area contributed by atoms with Crippen LogP contribution in [0, 0.1) is 6.92 Å². The Kier molecular flexibility index (Phi) is 6.14. The molecule has 3 aromatic rings. The lowest BCUT2D eigenvalue weighted by molar-refractivity contribution is -0.914. The molecule has 0 amide bonds. The molecule has 1 atom stereocenters. The van der Waals surface area contributed by atoms with Gasteiger partial charge >= 0.3 is 6.18 Å². The van der Waals surface area contributed by atoms with Gasteiger partial charge in [-0.1, -0.05) is 6.07 Å². The van der Waals surface area contributed by atoms with Crippen molar-refractivity contribution in [3.05, 3.63) is 59.3 Å². The normalized spacial score (nSPS) is 16.3. The zero-order chi connectivity index (χ0) is 23.9. The molecule has 4 rings (SSSR count). The van der Waals surface area contributed by atoms with Crippen LogP contribution in [0.15, 0.2) is 42.5 Å². The van der Waals surface area contributed by atoms with Gasteiger partial charge in [-0.05, 0) is 50.2 Å². The first-order chi connectivity index (χ1) is 15.6. The van der Waals surface area contributed by atoms with Crippen molar-refractivity contribution < 1.29 is 27.6 Å². The van der Waals surface area contributed by atoms with Crippen LogP contribution in [-0.2, 0) is 13.2 Å². The van der Waals surface area contributed by atoms with Gasteiger partial charge < -0.3 is 19.1 Å². The summed E-state index contributed by atoms with van der Waals surface area (Å²) in [5, 5.41) is 0.883. The molecule has 176 valence electrons. The summed E-state index contributed by atoms with van der Waals surface area (Å²) in [4.78, 5) is 16.7. The smallest absolute Gasteiger partial charge is 0.416 e. The predicted molar refractivity (Wildman–Crippen MR) is 122 cm³/mol. The summed E-state index contributed by atoms with van der Waals surface area (Å²) in [7, 11) is 3.56. The summed E-state index contributed by atoms with van der Waals surface area (Å²) in [5.74, 6) is 0.783. The second-order valence-corrected chi connectivity index (χ2v) is 8.68. The van der Waals surface area contributed by atoms with Crippen LogP contribution < -0.4 is 14.5 Å². The first kappa shape index (κ1) is 23.2. The van der Waals surface area contributed by atoms with Crippen molar-refractivity contribution in [1.82, 2.24) is 4.57 Å². The molecular formula is C25H29F3N3O2+. The van der Waals surface area contributed by atoms with Gasteiger partial charge in [0, 0.05) is 29.3 Å². The molecule has 1 aliphatic rings. The molecule has 1 aromatic heterocycles. The molecule has 0 saturated carbocycles. The molecule has 2 heterocycles. The summed E-state index contributed by atoms with van der Waals surface area (Å²) in [6, 6.07) is 10.9. The number of hydrogen-bond donors (Lipinski definition) is 1. The van der Waals surface area contributed by atoms with Crippen LogP contribution in [0.25, 0.3) is 10.9 Å². The Morgan fingerprint density at radius 2 is 1.82 bits per heavy atom. The molecule has 1 fully saturated rings. The Labute approximate surface area is 191 Å². The van der Waals surface area contributed by atoms with Crippen molar-refractivity contribution in [3.63, 3.8) is 0 Å². The van der Waals surface area contributed by atoms with Crippen molar-refractivity contribution in [2.75, 3.05) is 38.2 Å². The zero-order valence-electron chi connectivity index (χ0n) is 19.3. The highest BCUT2D eigenvalue weighted by molar-refractivity contribution is 6.11. The number of aryl methyl sites for hydroxylation is 1. The van der Waals surface area contributed by atoms with E-state index in [4.69, 9.17) is 4.74 Å². The van der Waals surface area contributed by atoms with Crippen molar-refractivity contribution in [3.8, 4) is 5.75 Å². The summed E-state index contributed by atoms with van der Waals surface area (Å²) < 4.78 is 46.6. The molecule has 1 saturated heterocycles. The maximum Gasteiger partial charge on any atom is 0.416 e. The number of alkyl halides is 3. The highest BCUT2D eigenvalue weighted by Gasteiger charge is 2.34. The van der Waals surface area contributed by atoms with E-state index in [-0.39, 0.29) is 11.8 Å². The van der Waals surface area contributed by atoms with Crippen molar-refractivity contribution in [2.24, 2.45) is 7.05 Å². The molecule has 0 radical (unpaired) electrons. The maximum absolute atomic E-state index is 13.6. The lowest BCUT2D eigenvalue weighted by Crippen LogP contribution is -3.18. The lowest BCUT2D eigenvalue weighted by atomic mass is 10.00. The summed E-state index contributed by atoms with van der Waals surface area (Å²) in [6.07, 6.45) is -4.36. The minimum absolute atomic E-state index is 0.0777. The number of benzene rings is 2. The topological polar surface area (TPSA) is 38.9 Å². The van der Waals surface area contributed by atoms with Crippen LogP contribution >= 0.6 is 0 Å². The van der Waals surface area contributed by atoms with Gasteiger partial charge in [0.15, 0.2) is 0 Å². The van der Waals surface area contributed by atoms with Gasteiger partial charge in [0.1, 0.15) is 11.8 Å². The number of piperazine rings is 1. The van der Waals surface area contributed by atoms with Crippen LogP contribution in [0.2, 0.25) is 0 Å². The third kappa shape index (κ3) is 4.31. The Balaban J connectivity index is 1.51. The van der Waals surface area contributed by atoms with E-state index in [2.05, 4.69) is 0 Å². The van der Waals surface area contributed by atoms with Gasteiger partial charge in [-0.3, -0.25) is 4.79 Å². The number of carbonyl (C=O) groups is 1. The number of hydrogen-bond acceptors (Lipinski definition) is 3. The number of ketones is 1. The molecule has 0 aliphatic carbocycles. The van der Waals surface area contributed by atoms with Crippen LogP contribution in [0.1, 0.15) is 28.5 Å². The van der Waals surface area contributed by atoms with E-state index >= 15 is 0 Å². The van der Waals surface area contributed by atoms with E-state index in [0.29, 0.717) is 43.2 Å². The number of methoxy groups -OCH3 is 1. The van der Waals surface area contributed by atoms with E-state index in [9.17, 15) is 18.0 Å². The van der Waals surface area contributed by atoms with Crippen LogP contribution in [0.5, 0.6) is 5.75 Å². The molecular weight excluding hydrogens is 431 g/mol. The monoisotopic (exact) mass is 460 g/mol. The Bertz CT molecular complexity index is 1180. The molecule has 0 unspecified atom stereocenters. The first-order valence-electron chi connectivity index (χ1n) is 11.1. The summed E-state index contributed by atoms with van der Waals surface area (Å²) in [6.45, 7) is 6.43. The van der Waals surface area contributed by atoms with Crippen LogP contribution in [-0.4, -0.2) is 49.7 Å². The number of rotatable bonds is 5. The van der Waals surface area contributed by atoms with Gasteiger partial charge in [-0.2, -0.15) is 13.2 Å². The molecule has 5 nitrogen and oxygen atoms in total. The van der Waals surface area contributed by atoms with Gasteiger partial charge in [-0.15, -0.1) is 0 Å². The highest BCUT2D eigenvalue weighted by Crippen LogP contribution is 2.32. The molecule has 2 aromatic carbocycles. The average molecular weight is 461 g/mol. The SMILES string of the molecule is COc1ccc2c(c1)c(C(=O)[C@H](C)[NH+]1CCN(c3cccc(C(F)(F)F)c3)CC1)c(C)n2C.